The maximum absolute atomic E-state index is 12.8. The molecule has 0 aliphatic carbocycles. The van der Waals surface area contributed by atoms with Crippen LogP contribution in [-0.2, 0) is 4.79 Å². The van der Waals surface area contributed by atoms with E-state index in [1.54, 1.807) is 17.1 Å². The van der Waals surface area contributed by atoms with Crippen molar-refractivity contribution in [1.29, 1.82) is 0 Å². The Balaban J connectivity index is 2.04. The lowest BCUT2D eigenvalue weighted by atomic mass is 10.1. The topological polar surface area (TPSA) is 57.1 Å². The third-order valence-electron chi connectivity index (χ3n) is 4.02. The second-order valence-corrected chi connectivity index (χ2v) is 8.06. The van der Waals surface area contributed by atoms with Crippen molar-refractivity contribution in [2.75, 3.05) is 6.26 Å². The van der Waals surface area contributed by atoms with Crippen molar-refractivity contribution < 1.29 is 4.79 Å². The molecule has 0 radical (unpaired) electrons. The van der Waals surface area contributed by atoms with Crippen molar-refractivity contribution in [1.82, 2.24) is 10.3 Å². The van der Waals surface area contributed by atoms with Crippen LogP contribution >= 0.6 is 50.9 Å². The molecule has 5 nitrogen and oxygen atoms in total. The summed E-state index contributed by atoms with van der Waals surface area (Å²) in [6.45, 7) is 0. The third-order valence-corrected chi connectivity index (χ3v) is 5.92. The highest BCUT2D eigenvalue weighted by atomic mass is 79.9. The van der Waals surface area contributed by atoms with Crippen LogP contribution < -0.4 is 15.9 Å². The highest BCUT2D eigenvalue weighted by Crippen LogP contribution is 2.37. The van der Waals surface area contributed by atoms with Gasteiger partial charge in [-0.25, -0.2) is 5.01 Å². The first kappa shape index (κ1) is 17.9. The number of amides is 1. The number of amidine groups is 1. The van der Waals surface area contributed by atoms with Crippen molar-refractivity contribution in [2.45, 2.75) is 6.17 Å². The summed E-state index contributed by atoms with van der Waals surface area (Å²) in [5.41, 5.74) is 1.11. The molecule has 0 aromatic heterocycles. The van der Waals surface area contributed by atoms with E-state index in [9.17, 15) is 4.79 Å². The monoisotopic (exact) mass is 468 g/mol. The van der Waals surface area contributed by atoms with Crippen molar-refractivity contribution in [3.8, 4) is 0 Å². The molecular weight excluding hydrogens is 459 g/mol. The molecule has 4 rings (SSSR count). The number of thioether (sulfide) groups is 1. The Morgan fingerprint density at radius 1 is 1.27 bits per heavy atom. The number of halogens is 3. The number of fused-ring (bicyclic) bond motifs is 2. The number of carbonyl (C=O) groups excluding carboxylic acids is 1. The van der Waals surface area contributed by atoms with Gasteiger partial charge in [0.1, 0.15) is 5.70 Å². The molecule has 2 heterocycles. The van der Waals surface area contributed by atoms with Gasteiger partial charge < -0.3 is 0 Å². The minimum absolute atomic E-state index is 0.234. The molecular formula is C17H11BrCl2N4OS. The van der Waals surface area contributed by atoms with Gasteiger partial charge in [0.25, 0.3) is 5.91 Å². The van der Waals surface area contributed by atoms with E-state index in [0.717, 1.165) is 4.47 Å². The zero-order valence-corrected chi connectivity index (χ0v) is 17.2. The molecule has 2 aromatic carbocycles. The Morgan fingerprint density at radius 3 is 2.85 bits per heavy atom. The number of hydrogen-bond acceptors (Lipinski definition) is 5. The maximum atomic E-state index is 12.8. The van der Waals surface area contributed by atoms with Gasteiger partial charge in [0.15, 0.2) is 11.3 Å². The summed E-state index contributed by atoms with van der Waals surface area (Å²) in [4.78, 5) is 17.6. The summed E-state index contributed by atoms with van der Waals surface area (Å²) in [7, 11) is 0. The molecule has 0 saturated carbocycles. The molecule has 1 amide bonds. The molecule has 0 fully saturated rings. The molecule has 1 unspecified atom stereocenters. The number of carbonyl (C=O) groups is 1. The van der Waals surface area contributed by atoms with Gasteiger partial charge in [-0.2, -0.15) is 0 Å². The quantitative estimate of drug-likeness (QED) is 0.697. The van der Waals surface area contributed by atoms with Gasteiger partial charge in [0, 0.05) is 15.3 Å². The van der Waals surface area contributed by atoms with Crippen LogP contribution in [0.2, 0.25) is 10.0 Å². The molecule has 0 saturated heterocycles. The Bertz CT molecular complexity index is 1090. The highest BCUT2D eigenvalue weighted by molar-refractivity contribution is 9.10. The molecule has 26 heavy (non-hydrogen) atoms. The Labute approximate surface area is 171 Å². The predicted molar refractivity (Wildman–Crippen MR) is 108 cm³/mol. The van der Waals surface area contributed by atoms with Gasteiger partial charge in [0.2, 0.25) is 0 Å². The van der Waals surface area contributed by atoms with Gasteiger partial charge in [-0.15, -0.1) is 5.10 Å². The second-order valence-electron chi connectivity index (χ2n) is 5.56. The average molecular weight is 470 g/mol. The van der Waals surface area contributed by atoms with Crippen LogP contribution in [0.5, 0.6) is 0 Å². The number of rotatable bonds is 1. The Morgan fingerprint density at radius 2 is 2.08 bits per heavy atom. The molecule has 2 aliphatic heterocycles. The van der Waals surface area contributed by atoms with Gasteiger partial charge in [-0.1, -0.05) is 63.0 Å². The minimum atomic E-state index is -0.585. The number of nitrogens with zero attached hydrogens (tertiary/aromatic N) is 3. The van der Waals surface area contributed by atoms with Crippen LogP contribution in [0.25, 0.3) is 5.70 Å². The average Bonchev–Trinajstić information content (AvgIpc) is 2.63. The number of hydrazone groups is 1. The first-order valence-electron chi connectivity index (χ1n) is 7.54. The zero-order valence-electron chi connectivity index (χ0n) is 13.3. The smallest absolute Gasteiger partial charge is 0.276 e. The predicted octanol–water partition coefficient (Wildman–Crippen LogP) is 3.26. The van der Waals surface area contributed by atoms with Crippen LogP contribution in [0.4, 0.5) is 0 Å². The van der Waals surface area contributed by atoms with Crippen LogP contribution in [-0.4, -0.2) is 22.3 Å². The first-order chi connectivity index (χ1) is 12.5. The van der Waals surface area contributed by atoms with E-state index in [2.05, 4.69) is 26.3 Å². The van der Waals surface area contributed by atoms with E-state index < -0.39 is 6.17 Å². The SMILES string of the molecule is CSC1=NN2C(=c3cc(Br)ccc3=NC2c2cccc(Cl)c2Cl)C(=O)N1. The number of benzene rings is 2. The number of hydrogen-bond donors (Lipinski definition) is 1. The fourth-order valence-corrected chi connectivity index (χ4v) is 4.00. The van der Waals surface area contributed by atoms with Crippen LogP contribution in [0.3, 0.4) is 0 Å². The molecule has 1 atom stereocenters. The van der Waals surface area contributed by atoms with Crippen LogP contribution in [0, 0.1) is 0 Å². The van der Waals surface area contributed by atoms with Gasteiger partial charge >= 0.3 is 0 Å². The summed E-state index contributed by atoms with van der Waals surface area (Å²) >= 11 is 17.4. The zero-order chi connectivity index (χ0) is 18.4. The van der Waals surface area contributed by atoms with Gasteiger partial charge in [-0.05, 0) is 30.5 Å². The van der Waals surface area contributed by atoms with Gasteiger partial charge in [-0.3, -0.25) is 15.1 Å². The highest BCUT2D eigenvalue weighted by Gasteiger charge is 2.35. The Kier molecular flexibility index (Phi) is 4.73. The van der Waals surface area contributed by atoms with Crippen molar-refractivity contribution in [3.05, 3.63) is 67.1 Å². The Hall–Kier alpha value is -1.54. The maximum Gasteiger partial charge on any atom is 0.276 e. The fraction of sp³-hybridized carbons (Fsp3) is 0.118. The summed E-state index contributed by atoms with van der Waals surface area (Å²) in [6, 6.07) is 11.0. The summed E-state index contributed by atoms with van der Waals surface area (Å²) in [5.74, 6) is -0.234. The largest absolute Gasteiger partial charge is 0.298 e. The van der Waals surface area contributed by atoms with E-state index in [1.165, 1.54) is 11.8 Å². The molecule has 1 N–H and O–H groups in total. The molecule has 0 spiro atoms. The fourth-order valence-electron chi connectivity index (χ4n) is 2.87. The van der Waals surface area contributed by atoms with E-state index in [1.807, 2.05) is 30.5 Å². The molecule has 9 heteroatoms. The normalized spacial score (nSPS) is 18.5. The summed E-state index contributed by atoms with van der Waals surface area (Å²) in [5, 5.41) is 11.7. The number of nitrogens with one attached hydrogen (secondary N) is 1. The van der Waals surface area contributed by atoms with Crippen LogP contribution in [0.1, 0.15) is 11.7 Å². The lowest BCUT2D eigenvalue weighted by Crippen LogP contribution is -2.50. The molecule has 2 aliphatic rings. The van der Waals surface area contributed by atoms with E-state index in [0.29, 0.717) is 37.0 Å². The van der Waals surface area contributed by atoms with Crippen molar-refractivity contribution >= 4 is 67.7 Å². The summed E-state index contributed by atoms with van der Waals surface area (Å²) < 4.78 is 0.852. The molecule has 0 bridgehead atoms. The second kappa shape index (κ2) is 6.88. The van der Waals surface area contributed by atoms with Crippen molar-refractivity contribution in [3.63, 3.8) is 0 Å². The summed E-state index contributed by atoms with van der Waals surface area (Å²) in [6.07, 6.45) is 1.26. The minimum Gasteiger partial charge on any atom is -0.298 e. The van der Waals surface area contributed by atoms with E-state index in [4.69, 9.17) is 28.2 Å². The van der Waals surface area contributed by atoms with E-state index in [-0.39, 0.29) is 5.91 Å². The van der Waals surface area contributed by atoms with Crippen molar-refractivity contribution in [2.24, 2.45) is 10.1 Å². The van der Waals surface area contributed by atoms with Gasteiger partial charge in [0.05, 0.1) is 15.4 Å². The molecule has 132 valence electrons. The van der Waals surface area contributed by atoms with E-state index >= 15 is 0 Å². The standard InChI is InChI=1S/C17H11BrCl2N4OS/c1-26-17-22-16(25)14-10-7-8(18)5-6-12(10)21-15(24(14)23-17)9-3-2-4-11(19)13(9)20/h2-7,15H,1H3,(H,22,23,25). The lowest BCUT2D eigenvalue weighted by Gasteiger charge is -2.34. The molecule has 2 aromatic rings. The third kappa shape index (κ3) is 2.93. The van der Waals surface area contributed by atoms with Crippen LogP contribution in [0.15, 0.2) is 51.0 Å². The lowest BCUT2D eigenvalue weighted by molar-refractivity contribution is -0.116. The first-order valence-corrected chi connectivity index (χ1v) is 10.3.